The molecule has 0 aromatic carbocycles. The zero-order chi connectivity index (χ0) is 16.6. The molecule has 110 valence electrons. The smallest absolute Gasteiger partial charge is 0.199 e. The molecule has 0 bridgehead atoms. The first kappa shape index (κ1) is 15.0. The van der Waals surface area contributed by atoms with Crippen molar-refractivity contribution in [2.45, 2.75) is 0 Å². The highest BCUT2D eigenvalue weighted by Crippen LogP contribution is 2.15. The summed E-state index contributed by atoms with van der Waals surface area (Å²) in [5.74, 6) is 0. The molecule has 2 rings (SSSR count). The third kappa shape index (κ3) is 1.94. The predicted octanol–water partition coefficient (Wildman–Crippen LogP) is -0.557. The number of nitroso groups, excluding NO2 is 1. The molecule has 0 spiro atoms. The van der Waals surface area contributed by atoms with Crippen LogP contribution in [0.2, 0.25) is 0 Å². The number of hydrogen-bond donors (Lipinski definition) is 3. The van der Waals surface area contributed by atoms with Crippen LogP contribution in [0, 0.1) is 20.8 Å². The number of nitrogens with two attached hydrogens (primary N) is 1. The van der Waals surface area contributed by atoms with E-state index in [1.165, 1.54) is 12.1 Å². The van der Waals surface area contributed by atoms with Crippen molar-refractivity contribution in [1.82, 2.24) is 0 Å². The van der Waals surface area contributed by atoms with Crippen molar-refractivity contribution in [1.29, 1.82) is 5.41 Å². The molecule has 0 atom stereocenters. The Balaban J connectivity index is 3.46. The molecule has 0 aromatic rings. The molecule has 8 nitrogen and oxygen atoms in total. The van der Waals surface area contributed by atoms with Crippen molar-refractivity contribution >= 4 is 11.4 Å². The lowest BCUT2D eigenvalue weighted by atomic mass is 9.97. The second-order valence-electron chi connectivity index (χ2n) is 4.45. The monoisotopic (exact) mass is 298 g/mol. The van der Waals surface area contributed by atoms with Gasteiger partial charge in [0, 0.05) is 5.70 Å². The Kier molecular flexibility index (Phi) is 3.52. The molecule has 0 aliphatic heterocycles. The van der Waals surface area contributed by atoms with Gasteiger partial charge in [0.05, 0.1) is 26.9 Å². The van der Waals surface area contributed by atoms with Crippen molar-refractivity contribution in [3.63, 3.8) is 0 Å². The van der Waals surface area contributed by atoms with Crippen LogP contribution in [0.3, 0.4) is 0 Å². The topological polar surface area (TPSA) is 146 Å². The Morgan fingerprint density at radius 1 is 1.14 bits per heavy atom. The van der Waals surface area contributed by atoms with Crippen molar-refractivity contribution < 1.29 is 5.21 Å². The fraction of sp³-hybridized carbons (Fsp3) is 0. The van der Waals surface area contributed by atoms with Gasteiger partial charge >= 0.3 is 0 Å². The third-order valence-electron chi connectivity index (χ3n) is 3.17. The summed E-state index contributed by atoms with van der Waals surface area (Å²) in [6.07, 6.45) is 0. The summed E-state index contributed by atoms with van der Waals surface area (Å²) in [5.41, 5.74) is 2.44. The van der Waals surface area contributed by atoms with E-state index in [0.29, 0.717) is 0 Å². The molecule has 2 aliphatic rings. The van der Waals surface area contributed by atoms with Crippen LogP contribution in [0.4, 0.5) is 0 Å². The van der Waals surface area contributed by atoms with Crippen LogP contribution >= 0.6 is 0 Å². The molecule has 22 heavy (non-hydrogen) atoms. The van der Waals surface area contributed by atoms with E-state index in [9.17, 15) is 14.5 Å². The summed E-state index contributed by atoms with van der Waals surface area (Å²) >= 11 is 0. The molecular weight excluding hydrogens is 288 g/mol. The lowest BCUT2D eigenvalue weighted by molar-refractivity contribution is 0.301. The maximum Gasteiger partial charge on any atom is 0.199 e. The normalized spacial score (nSPS) is 11.5. The Labute approximate surface area is 122 Å². The Bertz CT molecular complexity index is 1110. The first-order valence-corrected chi connectivity index (χ1v) is 5.89. The van der Waals surface area contributed by atoms with Gasteiger partial charge in [-0.15, -0.1) is 4.91 Å². The minimum absolute atomic E-state index is 0.188. The summed E-state index contributed by atoms with van der Waals surface area (Å²) in [6.45, 7) is 6.72. The summed E-state index contributed by atoms with van der Waals surface area (Å²) in [7, 11) is 0. The largest absolute Gasteiger partial charge is 0.410 e. The van der Waals surface area contributed by atoms with Gasteiger partial charge in [0.2, 0.25) is 0 Å². The van der Waals surface area contributed by atoms with Gasteiger partial charge in [0.25, 0.3) is 0 Å². The van der Waals surface area contributed by atoms with Gasteiger partial charge in [-0.25, -0.2) is 0 Å². The summed E-state index contributed by atoms with van der Waals surface area (Å²) in [6, 6.07) is 2.40. The van der Waals surface area contributed by atoms with E-state index in [4.69, 9.17) is 16.4 Å². The molecule has 2 aliphatic carbocycles. The fourth-order valence-corrected chi connectivity index (χ4v) is 2.25. The van der Waals surface area contributed by atoms with Gasteiger partial charge < -0.3 is 16.4 Å². The zero-order valence-corrected chi connectivity index (χ0v) is 11.2. The van der Waals surface area contributed by atoms with Gasteiger partial charge in [-0.3, -0.25) is 9.59 Å². The van der Waals surface area contributed by atoms with E-state index in [-0.39, 0.29) is 32.4 Å². The molecule has 0 radical (unpaired) electrons. The molecule has 0 saturated carbocycles. The Morgan fingerprint density at radius 2 is 1.73 bits per heavy atom. The van der Waals surface area contributed by atoms with Crippen molar-refractivity contribution in [3.05, 3.63) is 82.9 Å². The number of nitrogens with one attached hydrogen (secondary N) is 1. The van der Waals surface area contributed by atoms with Crippen LogP contribution in [0.25, 0.3) is 11.4 Å². The number of hydrogen-bond acceptors (Lipinski definition) is 8. The Morgan fingerprint density at radius 3 is 2.23 bits per heavy atom. The summed E-state index contributed by atoms with van der Waals surface area (Å²) in [5, 5.41) is 21.2. The third-order valence-corrected chi connectivity index (χ3v) is 3.17. The molecule has 0 heterocycles. The van der Waals surface area contributed by atoms with Gasteiger partial charge in [-0.2, -0.15) is 0 Å². The van der Waals surface area contributed by atoms with Crippen LogP contribution in [0.5, 0.6) is 0 Å². The second-order valence-corrected chi connectivity index (χ2v) is 4.45. The quantitative estimate of drug-likeness (QED) is 0.395. The van der Waals surface area contributed by atoms with Crippen LogP contribution in [-0.2, 0) is 0 Å². The van der Waals surface area contributed by atoms with E-state index in [0.717, 1.165) is 0 Å². The van der Waals surface area contributed by atoms with Crippen LogP contribution in [0.15, 0.2) is 45.2 Å². The van der Waals surface area contributed by atoms with E-state index in [1.807, 2.05) is 0 Å². The SMILES string of the molecule is C=C(N=O)c1c(C(=C)N)c(=O)c2c(=NO)ccc(=N)c=2c1=O. The first-order valence-electron chi connectivity index (χ1n) is 5.89. The molecule has 0 amide bonds. The highest BCUT2D eigenvalue weighted by Gasteiger charge is 2.20. The average Bonchev–Trinajstić information content (AvgIpc) is 2.49. The molecular formula is C14H10N4O4. The van der Waals surface area contributed by atoms with E-state index in [1.54, 1.807) is 0 Å². The molecule has 4 N–H and O–H groups in total. The van der Waals surface area contributed by atoms with Crippen molar-refractivity contribution in [2.75, 3.05) is 0 Å². The van der Waals surface area contributed by atoms with Gasteiger partial charge in [-0.1, -0.05) is 18.3 Å². The molecule has 0 unspecified atom stereocenters. The van der Waals surface area contributed by atoms with Gasteiger partial charge in [-0.05, 0) is 17.3 Å². The minimum Gasteiger partial charge on any atom is -0.410 e. The Hall–Kier alpha value is -3.42. The predicted molar refractivity (Wildman–Crippen MR) is 77.9 cm³/mol. The highest BCUT2D eigenvalue weighted by atomic mass is 16.4. The highest BCUT2D eigenvalue weighted by molar-refractivity contribution is 5.76. The van der Waals surface area contributed by atoms with Crippen LogP contribution in [0.1, 0.15) is 11.1 Å². The fourth-order valence-electron chi connectivity index (χ4n) is 2.25. The second kappa shape index (κ2) is 5.17. The molecule has 8 heteroatoms. The maximum atomic E-state index is 12.6. The zero-order valence-electron chi connectivity index (χ0n) is 11.2. The summed E-state index contributed by atoms with van der Waals surface area (Å²) in [4.78, 5) is 35.9. The standard InChI is InChI=1S/C14H10N4O4/c1-5(15)9-10(6(2)17-21)14(20)11-7(16)3-4-8(18-22)12(11)13(9)19/h3-4,16,22H,1-2,15H2. The van der Waals surface area contributed by atoms with E-state index < -0.39 is 22.1 Å². The molecule has 0 fully saturated rings. The average molecular weight is 298 g/mol. The first-order chi connectivity index (χ1) is 10.3. The number of rotatable bonds is 3. The van der Waals surface area contributed by atoms with Crippen LogP contribution < -0.4 is 27.3 Å². The minimum atomic E-state index is -0.823. The lowest BCUT2D eigenvalue weighted by Gasteiger charge is -2.06. The lowest BCUT2D eigenvalue weighted by Crippen LogP contribution is -2.33. The maximum absolute atomic E-state index is 12.6. The number of nitrogens with zero attached hydrogens (tertiary/aromatic N) is 2. The molecule has 0 aromatic heterocycles. The van der Waals surface area contributed by atoms with E-state index >= 15 is 0 Å². The van der Waals surface area contributed by atoms with Gasteiger partial charge in [0.15, 0.2) is 10.9 Å². The van der Waals surface area contributed by atoms with Crippen molar-refractivity contribution in [3.8, 4) is 0 Å². The van der Waals surface area contributed by atoms with E-state index in [2.05, 4.69) is 23.5 Å². The van der Waals surface area contributed by atoms with Gasteiger partial charge in [0.1, 0.15) is 11.1 Å². The summed E-state index contributed by atoms with van der Waals surface area (Å²) < 4.78 is 0. The molecule has 0 saturated heterocycles. The van der Waals surface area contributed by atoms with Crippen molar-refractivity contribution in [2.24, 2.45) is 16.1 Å². The van der Waals surface area contributed by atoms with Crippen LogP contribution in [-0.4, -0.2) is 5.21 Å².